The maximum absolute atomic E-state index is 12.9. The van der Waals surface area contributed by atoms with Crippen LogP contribution in [0.5, 0.6) is 17.2 Å². The molecule has 6 nitrogen and oxygen atoms in total. The monoisotopic (exact) mass is 344 g/mol. The first-order chi connectivity index (χ1) is 11.8. The van der Waals surface area contributed by atoms with Gasteiger partial charge in [0.05, 0.1) is 18.6 Å². The average Bonchev–Trinajstić information content (AvgIpc) is 2.56. The minimum absolute atomic E-state index is 0.0503. The molecular formula is C19H20O6. The van der Waals surface area contributed by atoms with Crippen LogP contribution in [0.2, 0.25) is 0 Å². The number of aromatic hydroxyl groups is 3. The van der Waals surface area contributed by atoms with Crippen LogP contribution in [0.3, 0.4) is 0 Å². The highest BCUT2D eigenvalue weighted by Gasteiger charge is 2.28. The molecule has 0 saturated carbocycles. The van der Waals surface area contributed by atoms with Crippen molar-refractivity contribution in [3.8, 4) is 17.2 Å². The lowest BCUT2D eigenvalue weighted by Crippen LogP contribution is -2.17. The van der Waals surface area contributed by atoms with Crippen LogP contribution in [0.25, 0.3) is 0 Å². The third kappa shape index (κ3) is 3.57. The van der Waals surface area contributed by atoms with E-state index in [1.807, 2.05) is 0 Å². The van der Waals surface area contributed by atoms with E-state index in [1.54, 1.807) is 19.9 Å². The van der Waals surface area contributed by atoms with E-state index in [4.69, 9.17) is 4.74 Å². The predicted molar refractivity (Wildman–Crippen MR) is 91.1 cm³/mol. The van der Waals surface area contributed by atoms with Gasteiger partial charge in [0.15, 0.2) is 5.78 Å². The minimum Gasteiger partial charge on any atom is -0.508 e. The van der Waals surface area contributed by atoms with E-state index in [0.29, 0.717) is 12.0 Å². The second-order valence-corrected chi connectivity index (χ2v) is 5.74. The van der Waals surface area contributed by atoms with Gasteiger partial charge in [0.2, 0.25) is 0 Å². The van der Waals surface area contributed by atoms with Gasteiger partial charge >= 0.3 is 5.97 Å². The number of ether oxygens (including phenoxy) is 1. The Hall–Kier alpha value is -3.02. The van der Waals surface area contributed by atoms with Crippen LogP contribution in [0.1, 0.15) is 46.3 Å². The van der Waals surface area contributed by atoms with Crippen LogP contribution in [-0.2, 0) is 9.53 Å². The molecule has 0 aliphatic rings. The van der Waals surface area contributed by atoms with Gasteiger partial charge in [0.25, 0.3) is 0 Å². The van der Waals surface area contributed by atoms with Crippen molar-refractivity contribution >= 4 is 11.8 Å². The number of ketones is 1. The Morgan fingerprint density at radius 3 is 2.32 bits per heavy atom. The lowest BCUT2D eigenvalue weighted by atomic mass is 9.87. The zero-order chi connectivity index (χ0) is 18.7. The van der Waals surface area contributed by atoms with Gasteiger partial charge in [-0.15, -0.1) is 0 Å². The van der Waals surface area contributed by atoms with E-state index >= 15 is 0 Å². The lowest BCUT2D eigenvalue weighted by Gasteiger charge is -2.18. The SMILES string of the molecule is CCC(C(=O)OC)c1cc(O)cc(O)c1C(=O)c1ccc(C)c(O)c1. The van der Waals surface area contributed by atoms with Gasteiger partial charge in [-0.2, -0.15) is 0 Å². The summed E-state index contributed by atoms with van der Waals surface area (Å²) < 4.78 is 4.76. The third-order valence-corrected chi connectivity index (χ3v) is 4.10. The summed E-state index contributed by atoms with van der Waals surface area (Å²) in [7, 11) is 1.23. The molecule has 25 heavy (non-hydrogen) atoms. The van der Waals surface area contributed by atoms with Crippen LogP contribution in [-0.4, -0.2) is 34.2 Å². The van der Waals surface area contributed by atoms with Crippen LogP contribution in [0, 0.1) is 6.92 Å². The zero-order valence-electron chi connectivity index (χ0n) is 14.2. The van der Waals surface area contributed by atoms with Crippen LogP contribution < -0.4 is 0 Å². The number of hydrogen-bond donors (Lipinski definition) is 3. The molecule has 6 heteroatoms. The number of aryl methyl sites for hydroxylation is 1. The van der Waals surface area contributed by atoms with Crippen LogP contribution in [0.15, 0.2) is 30.3 Å². The molecule has 0 saturated heterocycles. The quantitative estimate of drug-likeness (QED) is 0.569. The second-order valence-electron chi connectivity index (χ2n) is 5.74. The van der Waals surface area contributed by atoms with Crippen molar-refractivity contribution in [3.05, 3.63) is 52.6 Å². The summed E-state index contributed by atoms with van der Waals surface area (Å²) in [5, 5.41) is 29.8. The molecule has 0 aliphatic carbocycles. The molecule has 0 spiro atoms. The lowest BCUT2D eigenvalue weighted by molar-refractivity contribution is -0.142. The van der Waals surface area contributed by atoms with E-state index in [-0.39, 0.29) is 28.2 Å². The Balaban J connectivity index is 2.65. The van der Waals surface area contributed by atoms with Gasteiger partial charge < -0.3 is 20.1 Å². The fourth-order valence-electron chi connectivity index (χ4n) is 2.71. The molecule has 0 aliphatic heterocycles. The van der Waals surface area contributed by atoms with E-state index in [1.165, 1.54) is 25.3 Å². The van der Waals surface area contributed by atoms with Crippen LogP contribution in [0.4, 0.5) is 0 Å². The standard InChI is InChI=1S/C19H20O6/c1-4-13(19(24)25-3)14-8-12(20)9-16(22)17(14)18(23)11-6-5-10(2)15(21)7-11/h5-9,13,20-22H,4H2,1-3H3. The molecule has 0 radical (unpaired) electrons. The van der Waals surface area contributed by atoms with Crippen molar-refractivity contribution in [1.82, 2.24) is 0 Å². The van der Waals surface area contributed by atoms with Gasteiger partial charge in [0.1, 0.15) is 17.2 Å². The number of methoxy groups -OCH3 is 1. The normalized spacial score (nSPS) is 11.8. The molecular weight excluding hydrogens is 324 g/mol. The van der Waals surface area contributed by atoms with Crippen molar-refractivity contribution in [2.24, 2.45) is 0 Å². The number of hydrogen-bond acceptors (Lipinski definition) is 6. The van der Waals surface area contributed by atoms with E-state index in [2.05, 4.69) is 0 Å². The first kappa shape index (κ1) is 18.3. The van der Waals surface area contributed by atoms with Gasteiger partial charge in [-0.25, -0.2) is 0 Å². The van der Waals surface area contributed by atoms with E-state index < -0.39 is 23.4 Å². The van der Waals surface area contributed by atoms with Crippen molar-refractivity contribution in [2.75, 3.05) is 7.11 Å². The van der Waals surface area contributed by atoms with Crippen molar-refractivity contribution in [3.63, 3.8) is 0 Å². The topological polar surface area (TPSA) is 104 Å². The fourth-order valence-corrected chi connectivity index (χ4v) is 2.71. The summed E-state index contributed by atoms with van der Waals surface area (Å²) in [6, 6.07) is 6.71. The Labute approximate surface area is 145 Å². The number of carbonyl (C=O) groups excluding carboxylic acids is 2. The molecule has 132 valence electrons. The highest BCUT2D eigenvalue weighted by atomic mass is 16.5. The average molecular weight is 344 g/mol. The van der Waals surface area contributed by atoms with Crippen molar-refractivity contribution in [1.29, 1.82) is 0 Å². The molecule has 3 N–H and O–H groups in total. The molecule has 2 aromatic carbocycles. The Kier molecular flexibility index (Phi) is 5.32. The third-order valence-electron chi connectivity index (χ3n) is 4.10. The Morgan fingerprint density at radius 2 is 1.76 bits per heavy atom. The number of phenols is 3. The van der Waals surface area contributed by atoms with Gasteiger partial charge in [-0.05, 0) is 36.6 Å². The first-order valence-electron chi connectivity index (χ1n) is 7.78. The molecule has 0 heterocycles. The Morgan fingerprint density at radius 1 is 1.08 bits per heavy atom. The summed E-state index contributed by atoms with van der Waals surface area (Å²) >= 11 is 0. The van der Waals surface area contributed by atoms with Gasteiger partial charge in [0, 0.05) is 11.6 Å². The smallest absolute Gasteiger partial charge is 0.313 e. The molecule has 2 rings (SSSR count). The molecule has 1 atom stereocenters. The van der Waals surface area contributed by atoms with Crippen molar-refractivity contribution < 1.29 is 29.6 Å². The maximum atomic E-state index is 12.9. The maximum Gasteiger partial charge on any atom is 0.313 e. The second kappa shape index (κ2) is 7.25. The zero-order valence-corrected chi connectivity index (χ0v) is 14.2. The minimum atomic E-state index is -0.819. The molecule has 0 fully saturated rings. The molecule has 0 aromatic heterocycles. The highest BCUT2D eigenvalue weighted by molar-refractivity contribution is 6.12. The number of esters is 1. The summed E-state index contributed by atoms with van der Waals surface area (Å²) in [5.74, 6) is -2.72. The molecule has 0 amide bonds. The molecule has 2 aromatic rings. The summed E-state index contributed by atoms with van der Waals surface area (Å²) in [4.78, 5) is 24.9. The number of benzene rings is 2. The van der Waals surface area contributed by atoms with E-state index in [0.717, 1.165) is 6.07 Å². The summed E-state index contributed by atoms with van der Waals surface area (Å²) in [6.07, 6.45) is 0.314. The van der Waals surface area contributed by atoms with Gasteiger partial charge in [-0.1, -0.05) is 19.1 Å². The highest BCUT2D eigenvalue weighted by Crippen LogP contribution is 2.36. The molecule has 1 unspecified atom stereocenters. The van der Waals surface area contributed by atoms with E-state index in [9.17, 15) is 24.9 Å². The number of rotatable bonds is 5. The predicted octanol–water partition coefficient (Wildman–Crippen LogP) is 3.01. The summed E-state index contributed by atoms with van der Waals surface area (Å²) in [6.45, 7) is 3.42. The van der Waals surface area contributed by atoms with Crippen molar-refractivity contribution in [2.45, 2.75) is 26.2 Å². The van der Waals surface area contributed by atoms with Gasteiger partial charge in [-0.3, -0.25) is 9.59 Å². The molecule has 0 bridgehead atoms. The number of phenolic OH excluding ortho intramolecular Hbond substituents is 3. The Bertz CT molecular complexity index is 825. The first-order valence-corrected chi connectivity index (χ1v) is 7.78. The fraction of sp³-hybridized carbons (Fsp3) is 0.263. The largest absolute Gasteiger partial charge is 0.508 e. The number of carbonyl (C=O) groups is 2. The summed E-state index contributed by atoms with van der Waals surface area (Å²) in [5.41, 5.74) is 0.841. The van der Waals surface area contributed by atoms with Crippen LogP contribution >= 0.6 is 0 Å².